The highest BCUT2D eigenvalue weighted by Crippen LogP contribution is 2.30. The average molecular weight is 247 g/mol. The third-order valence-corrected chi connectivity index (χ3v) is 2.26. The summed E-state index contributed by atoms with van der Waals surface area (Å²) in [5.74, 6) is -5.39. The highest BCUT2D eigenvalue weighted by molar-refractivity contribution is 5.93. The molecule has 0 fully saturated rings. The number of nitrogens with zero attached hydrogens (tertiary/aromatic N) is 1. The van der Waals surface area contributed by atoms with Crippen molar-refractivity contribution in [2.45, 2.75) is 12.8 Å². The standard InChI is InChI=1S/C11H12F3NO2/c1-11(13,14)8-6-4-5-7(9(8)12)10(16)15(2)17-3/h4-6H,1-3H3. The summed E-state index contributed by atoms with van der Waals surface area (Å²) in [5.41, 5.74) is -1.26. The van der Waals surface area contributed by atoms with E-state index in [0.29, 0.717) is 6.92 Å². The first-order valence-electron chi connectivity index (χ1n) is 4.78. The molecule has 0 heterocycles. The maximum atomic E-state index is 13.7. The van der Waals surface area contributed by atoms with Crippen molar-refractivity contribution in [1.29, 1.82) is 0 Å². The van der Waals surface area contributed by atoms with Crippen molar-refractivity contribution in [3.63, 3.8) is 0 Å². The maximum Gasteiger partial charge on any atom is 0.280 e. The molecule has 1 aromatic carbocycles. The Morgan fingerprint density at radius 3 is 2.47 bits per heavy atom. The number of rotatable bonds is 3. The predicted octanol–water partition coefficient (Wildman–Crippen LogP) is 2.57. The molecule has 0 saturated carbocycles. The van der Waals surface area contributed by atoms with Crippen molar-refractivity contribution in [2.24, 2.45) is 0 Å². The van der Waals surface area contributed by atoms with Crippen LogP contribution in [0.2, 0.25) is 0 Å². The van der Waals surface area contributed by atoms with E-state index in [-0.39, 0.29) is 0 Å². The van der Waals surface area contributed by atoms with E-state index in [2.05, 4.69) is 4.84 Å². The number of hydrogen-bond acceptors (Lipinski definition) is 2. The summed E-state index contributed by atoms with van der Waals surface area (Å²) in [4.78, 5) is 16.2. The van der Waals surface area contributed by atoms with Gasteiger partial charge in [0.2, 0.25) is 0 Å². The van der Waals surface area contributed by atoms with Crippen LogP contribution in [0.25, 0.3) is 0 Å². The van der Waals surface area contributed by atoms with Gasteiger partial charge in [-0.05, 0) is 6.07 Å². The van der Waals surface area contributed by atoms with Gasteiger partial charge in [-0.1, -0.05) is 12.1 Å². The molecule has 1 aromatic rings. The van der Waals surface area contributed by atoms with Crippen molar-refractivity contribution in [3.05, 3.63) is 35.1 Å². The first-order chi connectivity index (χ1) is 7.79. The lowest BCUT2D eigenvalue weighted by Crippen LogP contribution is -2.27. The lowest BCUT2D eigenvalue weighted by molar-refractivity contribution is -0.0760. The van der Waals surface area contributed by atoms with Crippen LogP contribution in [0.5, 0.6) is 0 Å². The molecule has 0 aliphatic heterocycles. The van der Waals surface area contributed by atoms with Crippen molar-refractivity contribution < 1.29 is 22.8 Å². The molecule has 0 saturated heterocycles. The van der Waals surface area contributed by atoms with E-state index in [1.807, 2.05) is 0 Å². The second-order valence-electron chi connectivity index (χ2n) is 3.54. The van der Waals surface area contributed by atoms with Gasteiger partial charge in [0.25, 0.3) is 11.8 Å². The van der Waals surface area contributed by atoms with Crippen LogP contribution in [0.4, 0.5) is 13.2 Å². The van der Waals surface area contributed by atoms with Gasteiger partial charge in [-0.2, -0.15) is 0 Å². The summed E-state index contributed by atoms with van der Waals surface area (Å²) in [6.07, 6.45) is 0. The Bertz CT molecular complexity index is 429. The molecule has 0 radical (unpaired) electrons. The van der Waals surface area contributed by atoms with E-state index in [1.54, 1.807) is 0 Å². The molecule has 1 amide bonds. The second-order valence-corrected chi connectivity index (χ2v) is 3.54. The Balaban J connectivity index is 3.24. The summed E-state index contributed by atoms with van der Waals surface area (Å²) in [7, 11) is 2.48. The van der Waals surface area contributed by atoms with Crippen LogP contribution in [0.3, 0.4) is 0 Å². The minimum absolute atomic E-state index is 0.451. The van der Waals surface area contributed by atoms with Gasteiger partial charge in [-0.3, -0.25) is 9.63 Å². The molecule has 17 heavy (non-hydrogen) atoms. The number of hydroxylamine groups is 2. The molecule has 0 aliphatic rings. The minimum Gasteiger partial charge on any atom is -0.274 e. The summed E-state index contributed by atoms with van der Waals surface area (Å²) < 4.78 is 39.8. The van der Waals surface area contributed by atoms with Gasteiger partial charge in [-0.15, -0.1) is 0 Å². The van der Waals surface area contributed by atoms with Gasteiger partial charge in [0.15, 0.2) is 0 Å². The molecule has 6 heteroatoms. The van der Waals surface area contributed by atoms with E-state index < -0.39 is 28.8 Å². The number of carbonyl (C=O) groups excluding carboxylic acids is 1. The van der Waals surface area contributed by atoms with Crippen LogP contribution in [0, 0.1) is 5.82 Å². The van der Waals surface area contributed by atoms with E-state index in [4.69, 9.17) is 0 Å². The second kappa shape index (κ2) is 4.75. The average Bonchev–Trinajstić information content (AvgIpc) is 2.25. The number of alkyl halides is 2. The van der Waals surface area contributed by atoms with Gasteiger partial charge in [0, 0.05) is 14.0 Å². The molecule has 0 unspecified atom stereocenters. The normalized spacial score (nSPS) is 11.4. The summed E-state index contributed by atoms with van der Waals surface area (Å²) >= 11 is 0. The first-order valence-corrected chi connectivity index (χ1v) is 4.78. The number of halogens is 3. The molecule has 94 valence electrons. The van der Waals surface area contributed by atoms with Crippen LogP contribution < -0.4 is 0 Å². The molecule has 1 rings (SSSR count). The Kier molecular flexibility index (Phi) is 3.77. The molecular weight excluding hydrogens is 235 g/mol. The van der Waals surface area contributed by atoms with Gasteiger partial charge < -0.3 is 0 Å². The Morgan fingerprint density at radius 1 is 1.41 bits per heavy atom. The fourth-order valence-corrected chi connectivity index (χ4v) is 1.29. The number of hydrogen-bond donors (Lipinski definition) is 0. The predicted molar refractivity (Wildman–Crippen MR) is 55.1 cm³/mol. The van der Waals surface area contributed by atoms with E-state index in [1.165, 1.54) is 20.2 Å². The maximum absolute atomic E-state index is 13.7. The number of amides is 1. The smallest absolute Gasteiger partial charge is 0.274 e. The monoisotopic (exact) mass is 247 g/mol. The van der Waals surface area contributed by atoms with E-state index in [9.17, 15) is 18.0 Å². The molecule has 0 aliphatic carbocycles. The van der Waals surface area contributed by atoms with Crippen LogP contribution >= 0.6 is 0 Å². The molecule has 0 N–H and O–H groups in total. The van der Waals surface area contributed by atoms with Crippen LogP contribution in [-0.4, -0.2) is 25.1 Å². The SMILES string of the molecule is CON(C)C(=O)c1cccc(C(C)(F)F)c1F. The van der Waals surface area contributed by atoms with Crippen molar-refractivity contribution in [1.82, 2.24) is 5.06 Å². The summed E-state index contributed by atoms with van der Waals surface area (Å²) in [5, 5.41) is 0.760. The fraction of sp³-hybridized carbons (Fsp3) is 0.364. The molecule has 0 spiro atoms. The van der Waals surface area contributed by atoms with Crippen molar-refractivity contribution in [3.8, 4) is 0 Å². The summed E-state index contributed by atoms with van der Waals surface area (Å²) in [6.45, 7) is 0.569. The van der Waals surface area contributed by atoms with E-state index >= 15 is 0 Å². The zero-order valence-corrected chi connectivity index (χ0v) is 9.63. The van der Waals surface area contributed by atoms with Crippen LogP contribution in [-0.2, 0) is 10.8 Å². The number of benzene rings is 1. The van der Waals surface area contributed by atoms with E-state index in [0.717, 1.165) is 17.2 Å². The van der Waals surface area contributed by atoms with Crippen molar-refractivity contribution in [2.75, 3.05) is 14.2 Å². The molecule has 0 aromatic heterocycles. The van der Waals surface area contributed by atoms with Gasteiger partial charge in [-0.25, -0.2) is 18.2 Å². The van der Waals surface area contributed by atoms with Crippen LogP contribution in [0.15, 0.2) is 18.2 Å². The highest BCUT2D eigenvalue weighted by atomic mass is 19.3. The Labute approximate surface area is 96.7 Å². The quantitative estimate of drug-likeness (QED) is 0.768. The molecule has 3 nitrogen and oxygen atoms in total. The van der Waals surface area contributed by atoms with Gasteiger partial charge in [0.05, 0.1) is 18.2 Å². The Hall–Kier alpha value is -1.56. The lowest BCUT2D eigenvalue weighted by atomic mass is 10.0. The lowest BCUT2D eigenvalue weighted by Gasteiger charge is -2.17. The highest BCUT2D eigenvalue weighted by Gasteiger charge is 2.31. The summed E-state index contributed by atoms with van der Waals surface area (Å²) in [6, 6.07) is 3.27. The zero-order chi connectivity index (χ0) is 13.2. The zero-order valence-electron chi connectivity index (χ0n) is 9.63. The topological polar surface area (TPSA) is 29.5 Å². The molecule has 0 bridgehead atoms. The molecule has 0 atom stereocenters. The van der Waals surface area contributed by atoms with Gasteiger partial charge >= 0.3 is 0 Å². The fourth-order valence-electron chi connectivity index (χ4n) is 1.29. The van der Waals surface area contributed by atoms with Crippen LogP contribution in [0.1, 0.15) is 22.8 Å². The Morgan fingerprint density at radius 2 is 2.00 bits per heavy atom. The minimum atomic E-state index is -3.34. The van der Waals surface area contributed by atoms with Gasteiger partial charge in [0.1, 0.15) is 5.82 Å². The van der Waals surface area contributed by atoms with Crippen molar-refractivity contribution >= 4 is 5.91 Å². The largest absolute Gasteiger partial charge is 0.280 e. The third-order valence-electron chi connectivity index (χ3n) is 2.26. The third kappa shape index (κ3) is 2.76. The molecular formula is C11H12F3NO2. The number of carbonyl (C=O) groups is 1. The first kappa shape index (κ1) is 13.5.